The average molecular weight is 349 g/mol. The van der Waals surface area contributed by atoms with Crippen molar-refractivity contribution < 1.29 is 18.3 Å². The first-order valence-electron chi connectivity index (χ1n) is 6.54. The molecule has 0 radical (unpaired) electrons. The van der Waals surface area contributed by atoms with E-state index in [9.17, 15) is 8.78 Å². The Kier molecular flexibility index (Phi) is 6.07. The summed E-state index contributed by atoms with van der Waals surface area (Å²) in [5.41, 5.74) is 1.70. The second kappa shape index (κ2) is 7.82. The lowest BCUT2D eigenvalue weighted by atomic mass is 10.2. The van der Waals surface area contributed by atoms with Crippen molar-refractivity contribution in [2.45, 2.75) is 12.7 Å². The second-order valence-corrected chi connectivity index (χ2v) is 5.45. The number of hydrogen-bond acceptors (Lipinski definition) is 5. The molecule has 8 heteroatoms. The van der Waals surface area contributed by atoms with Gasteiger partial charge in [-0.3, -0.25) is 0 Å². The topological polar surface area (TPSA) is 43.4 Å². The molecule has 22 heavy (non-hydrogen) atoms. The highest BCUT2D eigenvalue weighted by Crippen LogP contribution is 2.28. The summed E-state index contributed by atoms with van der Waals surface area (Å²) < 4.78 is 34.0. The SMILES string of the molecule is Cl.FC(F)Oc1ccc(-c2csc(C3COCCN3)n2)cc1. The van der Waals surface area contributed by atoms with Gasteiger partial charge in [0.05, 0.1) is 24.9 Å². The van der Waals surface area contributed by atoms with Crippen LogP contribution in [0, 0.1) is 0 Å². The lowest BCUT2D eigenvalue weighted by Gasteiger charge is -2.21. The molecule has 1 N–H and O–H groups in total. The molecule has 4 nitrogen and oxygen atoms in total. The van der Waals surface area contributed by atoms with Gasteiger partial charge in [-0.15, -0.1) is 23.7 Å². The molecule has 1 atom stereocenters. The number of aromatic nitrogens is 1. The first-order chi connectivity index (χ1) is 10.2. The molecule has 1 aliphatic heterocycles. The largest absolute Gasteiger partial charge is 0.435 e. The molecule has 120 valence electrons. The standard InChI is InChI=1S/C14H14F2N2O2S.ClH/c15-14(16)20-10-3-1-9(2-4-10)12-8-21-13(18-12)11-7-19-6-5-17-11;/h1-4,8,11,14,17H,5-7H2;1H. The number of rotatable bonds is 4. The highest BCUT2D eigenvalue weighted by molar-refractivity contribution is 7.10. The molecule has 3 rings (SSSR count). The van der Waals surface area contributed by atoms with Gasteiger partial charge in [0.15, 0.2) is 0 Å². The van der Waals surface area contributed by atoms with Crippen LogP contribution < -0.4 is 10.1 Å². The molecule has 0 aliphatic carbocycles. The Labute approximate surface area is 136 Å². The highest BCUT2D eigenvalue weighted by Gasteiger charge is 2.18. The molecule has 2 heterocycles. The Morgan fingerprint density at radius 3 is 2.73 bits per heavy atom. The molecule has 1 saturated heterocycles. The number of alkyl halides is 2. The van der Waals surface area contributed by atoms with Crippen LogP contribution in [-0.2, 0) is 4.74 Å². The number of benzene rings is 1. The van der Waals surface area contributed by atoms with E-state index in [0.29, 0.717) is 6.61 Å². The summed E-state index contributed by atoms with van der Waals surface area (Å²) in [6.07, 6.45) is 0. The molecule has 1 aromatic carbocycles. The minimum Gasteiger partial charge on any atom is -0.435 e. The number of hydrogen-bond donors (Lipinski definition) is 1. The van der Waals surface area contributed by atoms with Gasteiger partial charge in [-0.1, -0.05) is 0 Å². The summed E-state index contributed by atoms with van der Waals surface area (Å²) >= 11 is 1.56. The Morgan fingerprint density at radius 2 is 2.09 bits per heavy atom. The highest BCUT2D eigenvalue weighted by atomic mass is 35.5. The van der Waals surface area contributed by atoms with Crippen molar-refractivity contribution in [3.8, 4) is 17.0 Å². The summed E-state index contributed by atoms with van der Waals surface area (Å²) in [6.45, 7) is -0.646. The van der Waals surface area contributed by atoms with Crippen LogP contribution in [0.25, 0.3) is 11.3 Å². The van der Waals surface area contributed by atoms with E-state index in [0.717, 1.165) is 29.4 Å². The normalized spacial score (nSPS) is 18.0. The summed E-state index contributed by atoms with van der Waals surface area (Å²) in [5.74, 6) is 0.145. The Hall–Kier alpha value is -1.28. The summed E-state index contributed by atoms with van der Waals surface area (Å²) in [4.78, 5) is 4.58. The molecule has 1 aliphatic rings. The average Bonchev–Trinajstić information content (AvgIpc) is 2.98. The monoisotopic (exact) mass is 348 g/mol. The summed E-state index contributed by atoms with van der Waals surface area (Å²) in [6, 6.07) is 6.60. The molecule has 1 unspecified atom stereocenters. The predicted octanol–water partition coefficient (Wildman–Crippen LogP) is 3.49. The molecule has 0 spiro atoms. The van der Waals surface area contributed by atoms with Gasteiger partial charge in [-0.25, -0.2) is 4.98 Å². The molecular weight excluding hydrogens is 334 g/mol. The molecule has 0 bridgehead atoms. The van der Waals surface area contributed by atoms with Gasteiger partial charge in [0.25, 0.3) is 0 Å². The van der Waals surface area contributed by atoms with Gasteiger partial charge in [-0.2, -0.15) is 8.78 Å². The van der Waals surface area contributed by atoms with Crippen LogP contribution in [0.2, 0.25) is 0 Å². The summed E-state index contributed by atoms with van der Waals surface area (Å²) in [5, 5.41) is 6.27. The van der Waals surface area contributed by atoms with E-state index in [4.69, 9.17) is 4.74 Å². The molecular formula is C14H15ClF2N2O2S. The zero-order chi connectivity index (χ0) is 14.7. The maximum absolute atomic E-state index is 12.1. The smallest absolute Gasteiger partial charge is 0.387 e. The van der Waals surface area contributed by atoms with Crippen molar-refractivity contribution in [2.75, 3.05) is 19.8 Å². The van der Waals surface area contributed by atoms with Gasteiger partial charge >= 0.3 is 6.61 Å². The number of nitrogens with zero attached hydrogens (tertiary/aromatic N) is 1. The molecule has 1 aromatic heterocycles. The van der Waals surface area contributed by atoms with Crippen LogP contribution >= 0.6 is 23.7 Å². The fourth-order valence-corrected chi connectivity index (χ4v) is 3.00. The number of halogens is 3. The Morgan fingerprint density at radius 1 is 1.32 bits per heavy atom. The Bertz CT molecular complexity index is 589. The first-order valence-corrected chi connectivity index (χ1v) is 7.42. The lowest BCUT2D eigenvalue weighted by molar-refractivity contribution is -0.0498. The van der Waals surface area contributed by atoms with Crippen molar-refractivity contribution in [3.63, 3.8) is 0 Å². The molecule has 2 aromatic rings. The fourth-order valence-electron chi connectivity index (χ4n) is 2.11. The van der Waals surface area contributed by atoms with Crippen LogP contribution in [0.1, 0.15) is 11.0 Å². The quantitative estimate of drug-likeness (QED) is 0.918. The van der Waals surface area contributed by atoms with Crippen molar-refractivity contribution >= 4 is 23.7 Å². The maximum atomic E-state index is 12.1. The zero-order valence-electron chi connectivity index (χ0n) is 11.5. The van der Waals surface area contributed by atoms with Gasteiger partial charge in [0.1, 0.15) is 10.8 Å². The number of morpholine rings is 1. The van der Waals surface area contributed by atoms with Gasteiger partial charge in [0, 0.05) is 17.5 Å². The minimum absolute atomic E-state index is 0. The van der Waals surface area contributed by atoms with Crippen LogP contribution in [0.5, 0.6) is 5.75 Å². The van der Waals surface area contributed by atoms with Crippen molar-refractivity contribution in [2.24, 2.45) is 0 Å². The first kappa shape index (κ1) is 17.1. The van der Waals surface area contributed by atoms with Crippen molar-refractivity contribution in [1.29, 1.82) is 0 Å². The van der Waals surface area contributed by atoms with Crippen molar-refractivity contribution in [3.05, 3.63) is 34.7 Å². The van der Waals surface area contributed by atoms with E-state index < -0.39 is 6.61 Å². The van der Waals surface area contributed by atoms with Gasteiger partial charge < -0.3 is 14.8 Å². The lowest BCUT2D eigenvalue weighted by Crippen LogP contribution is -2.34. The van der Waals surface area contributed by atoms with E-state index in [1.165, 1.54) is 12.1 Å². The predicted molar refractivity (Wildman–Crippen MR) is 83.0 cm³/mol. The van der Waals surface area contributed by atoms with Gasteiger partial charge in [0.2, 0.25) is 0 Å². The van der Waals surface area contributed by atoms with Crippen LogP contribution in [0.4, 0.5) is 8.78 Å². The number of nitrogens with one attached hydrogen (secondary N) is 1. The number of ether oxygens (including phenoxy) is 2. The van der Waals surface area contributed by atoms with Crippen molar-refractivity contribution in [1.82, 2.24) is 10.3 Å². The molecule has 0 amide bonds. The summed E-state index contributed by atoms with van der Waals surface area (Å²) in [7, 11) is 0. The third-order valence-corrected chi connectivity index (χ3v) is 4.08. The zero-order valence-corrected chi connectivity index (χ0v) is 13.1. The fraction of sp³-hybridized carbons (Fsp3) is 0.357. The molecule has 0 saturated carbocycles. The second-order valence-electron chi connectivity index (χ2n) is 4.56. The molecule has 1 fully saturated rings. The van der Waals surface area contributed by atoms with Crippen LogP contribution in [0.3, 0.4) is 0 Å². The van der Waals surface area contributed by atoms with Crippen LogP contribution in [-0.4, -0.2) is 31.4 Å². The maximum Gasteiger partial charge on any atom is 0.387 e. The van der Waals surface area contributed by atoms with Crippen LogP contribution in [0.15, 0.2) is 29.6 Å². The number of thiazole rings is 1. The van der Waals surface area contributed by atoms with E-state index in [2.05, 4.69) is 15.0 Å². The van der Waals surface area contributed by atoms with E-state index >= 15 is 0 Å². The van der Waals surface area contributed by atoms with E-state index in [-0.39, 0.29) is 24.2 Å². The van der Waals surface area contributed by atoms with E-state index in [1.54, 1.807) is 23.5 Å². The third kappa shape index (κ3) is 4.13. The van der Waals surface area contributed by atoms with Gasteiger partial charge in [-0.05, 0) is 24.3 Å². The minimum atomic E-state index is -2.81. The third-order valence-electron chi connectivity index (χ3n) is 3.12. The van der Waals surface area contributed by atoms with E-state index in [1.807, 2.05) is 5.38 Å². The Balaban J connectivity index is 0.00000176.